The molecule has 22 heavy (non-hydrogen) atoms. The molecule has 0 unspecified atom stereocenters. The van der Waals surface area contributed by atoms with Gasteiger partial charge < -0.3 is 10.1 Å². The van der Waals surface area contributed by atoms with Crippen LogP contribution >= 0.6 is 0 Å². The number of aromatic nitrogens is 1. The fraction of sp³-hybridized carbons (Fsp3) is 0.250. The number of nitrogens with one attached hydrogen (secondary N) is 1. The van der Waals surface area contributed by atoms with Gasteiger partial charge in [0.15, 0.2) is 0 Å². The molecular formula is C16H16F2N2O2. The topological polar surface area (TPSA) is 51.2 Å². The second kappa shape index (κ2) is 6.51. The van der Waals surface area contributed by atoms with Crippen molar-refractivity contribution in [3.63, 3.8) is 0 Å². The molecule has 6 heteroatoms. The van der Waals surface area contributed by atoms with Crippen LogP contribution in [-0.4, -0.2) is 17.0 Å². The van der Waals surface area contributed by atoms with Gasteiger partial charge in [-0.25, -0.2) is 4.98 Å². The van der Waals surface area contributed by atoms with E-state index in [1.54, 1.807) is 18.2 Å². The molecule has 1 aromatic carbocycles. The van der Waals surface area contributed by atoms with Crippen LogP contribution in [0.25, 0.3) is 0 Å². The summed E-state index contributed by atoms with van der Waals surface area (Å²) in [5, 5.41) is 2.07. The Hall–Kier alpha value is -2.50. The highest BCUT2D eigenvalue weighted by Gasteiger charge is 2.42. The van der Waals surface area contributed by atoms with Gasteiger partial charge in [-0.2, -0.15) is 8.78 Å². The largest absolute Gasteiger partial charge is 0.482 e. The first-order valence-corrected chi connectivity index (χ1v) is 6.79. The molecule has 0 spiro atoms. The summed E-state index contributed by atoms with van der Waals surface area (Å²) >= 11 is 0. The fourth-order valence-corrected chi connectivity index (χ4v) is 1.71. The Labute approximate surface area is 127 Å². The molecule has 1 N–H and O–H groups in total. The van der Waals surface area contributed by atoms with E-state index >= 15 is 0 Å². The van der Waals surface area contributed by atoms with Gasteiger partial charge in [0.1, 0.15) is 11.6 Å². The zero-order chi connectivity index (χ0) is 16.2. The summed E-state index contributed by atoms with van der Waals surface area (Å²) in [5.74, 6) is -1.47. The lowest BCUT2D eigenvalue weighted by molar-refractivity contribution is -0.187. The van der Waals surface area contributed by atoms with E-state index in [1.807, 2.05) is 13.8 Å². The van der Waals surface area contributed by atoms with Crippen LogP contribution in [0.1, 0.15) is 25.5 Å². The third-order valence-corrected chi connectivity index (χ3v) is 2.86. The normalized spacial score (nSPS) is 11.3. The van der Waals surface area contributed by atoms with E-state index in [0.29, 0.717) is 5.69 Å². The van der Waals surface area contributed by atoms with Crippen LogP contribution in [0.5, 0.6) is 5.75 Å². The van der Waals surface area contributed by atoms with Gasteiger partial charge in [0.2, 0.25) is 0 Å². The number of benzene rings is 1. The van der Waals surface area contributed by atoms with Crippen molar-refractivity contribution < 1.29 is 18.3 Å². The summed E-state index contributed by atoms with van der Waals surface area (Å²) in [6, 6.07) is 12.3. The van der Waals surface area contributed by atoms with Crippen molar-refractivity contribution in [1.29, 1.82) is 0 Å². The van der Waals surface area contributed by atoms with Crippen LogP contribution in [0.2, 0.25) is 0 Å². The third-order valence-electron chi connectivity index (χ3n) is 2.86. The van der Waals surface area contributed by atoms with Gasteiger partial charge in [0.25, 0.3) is 0 Å². The van der Waals surface area contributed by atoms with Crippen LogP contribution in [-0.2, 0) is 4.79 Å². The molecule has 1 heterocycles. The predicted molar refractivity (Wildman–Crippen MR) is 79.0 cm³/mol. The number of carbonyl (C=O) groups is 1. The van der Waals surface area contributed by atoms with Gasteiger partial charge >= 0.3 is 12.0 Å². The van der Waals surface area contributed by atoms with Crippen LogP contribution < -0.4 is 10.1 Å². The summed E-state index contributed by atoms with van der Waals surface area (Å²) in [7, 11) is 0. The Morgan fingerprint density at radius 3 is 2.45 bits per heavy atom. The van der Waals surface area contributed by atoms with Crippen LogP contribution in [0.4, 0.5) is 14.6 Å². The van der Waals surface area contributed by atoms with Gasteiger partial charge in [-0.05, 0) is 30.2 Å². The molecule has 0 saturated carbocycles. The van der Waals surface area contributed by atoms with Crippen LogP contribution in [0.15, 0.2) is 48.5 Å². The van der Waals surface area contributed by atoms with Gasteiger partial charge in [0.05, 0.1) is 0 Å². The van der Waals surface area contributed by atoms with Crippen molar-refractivity contribution >= 4 is 11.7 Å². The Balaban J connectivity index is 2.09. The number of para-hydroxylation sites is 1. The molecule has 0 aliphatic carbocycles. The first-order valence-electron chi connectivity index (χ1n) is 6.79. The standard InChI is InChI=1S/C16H16F2N2O2/c1-11(2)13-9-6-10-14(19-13)20-15(21)16(17,18)22-12-7-4-3-5-8-12/h3-11H,1-2H3,(H,19,20,21). The first-order chi connectivity index (χ1) is 10.4. The minimum absolute atomic E-state index is 0.0625. The molecule has 0 radical (unpaired) electrons. The van der Waals surface area contributed by atoms with Gasteiger partial charge in [0, 0.05) is 5.69 Å². The molecule has 1 aromatic heterocycles. The number of carbonyl (C=O) groups excluding carboxylic acids is 1. The van der Waals surface area contributed by atoms with Crippen LogP contribution in [0, 0.1) is 0 Å². The highest BCUT2D eigenvalue weighted by molar-refractivity contribution is 5.94. The summed E-state index contributed by atoms with van der Waals surface area (Å²) < 4.78 is 32.0. The lowest BCUT2D eigenvalue weighted by atomic mass is 10.1. The quantitative estimate of drug-likeness (QED) is 0.913. The van der Waals surface area contributed by atoms with Crippen molar-refractivity contribution in [1.82, 2.24) is 4.98 Å². The molecule has 2 aromatic rings. The molecule has 116 valence electrons. The summed E-state index contributed by atoms with van der Waals surface area (Å²) in [6.45, 7) is 3.84. The monoisotopic (exact) mass is 306 g/mol. The lowest BCUT2D eigenvalue weighted by Gasteiger charge is -2.17. The highest BCUT2D eigenvalue weighted by Crippen LogP contribution is 2.23. The third kappa shape index (κ3) is 4.00. The average molecular weight is 306 g/mol. The lowest BCUT2D eigenvalue weighted by Crippen LogP contribution is -2.40. The number of pyridine rings is 1. The van der Waals surface area contributed by atoms with Gasteiger partial charge in [-0.1, -0.05) is 38.1 Å². The van der Waals surface area contributed by atoms with E-state index in [9.17, 15) is 13.6 Å². The minimum atomic E-state index is -3.99. The second-order valence-electron chi connectivity index (χ2n) is 4.99. The Morgan fingerprint density at radius 1 is 1.14 bits per heavy atom. The second-order valence-corrected chi connectivity index (χ2v) is 4.99. The van der Waals surface area contributed by atoms with E-state index in [4.69, 9.17) is 0 Å². The minimum Gasteiger partial charge on any atom is -0.425 e. The molecule has 0 atom stereocenters. The number of halogens is 2. The number of hydrogen-bond acceptors (Lipinski definition) is 3. The molecule has 0 saturated heterocycles. The summed E-state index contributed by atoms with van der Waals surface area (Å²) in [6.07, 6.45) is -3.99. The smallest absolute Gasteiger partial charge is 0.425 e. The maximum absolute atomic E-state index is 13.8. The molecule has 1 amide bonds. The van der Waals surface area contributed by atoms with E-state index in [1.165, 1.54) is 30.3 Å². The number of nitrogens with zero attached hydrogens (tertiary/aromatic N) is 1. The van der Waals surface area contributed by atoms with Crippen LogP contribution in [0.3, 0.4) is 0 Å². The zero-order valence-corrected chi connectivity index (χ0v) is 12.2. The Kier molecular flexibility index (Phi) is 4.70. The maximum atomic E-state index is 13.8. The number of ether oxygens (including phenoxy) is 1. The first kappa shape index (κ1) is 15.9. The molecule has 4 nitrogen and oxygen atoms in total. The maximum Gasteiger partial charge on any atom is 0.482 e. The van der Waals surface area contributed by atoms with E-state index in [2.05, 4.69) is 15.0 Å². The number of hydrogen-bond donors (Lipinski definition) is 1. The SMILES string of the molecule is CC(C)c1cccc(NC(=O)C(F)(F)Oc2ccccc2)n1. The number of rotatable bonds is 5. The Bertz CT molecular complexity index is 646. The van der Waals surface area contributed by atoms with E-state index < -0.39 is 12.0 Å². The predicted octanol–water partition coefficient (Wildman–Crippen LogP) is 3.82. The Morgan fingerprint density at radius 2 is 1.82 bits per heavy atom. The van der Waals surface area contributed by atoms with Gasteiger partial charge in [-0.15, -0.1) is 0 Å². The van der Waals surface area contributed by atoms with Crippen molar-refractivity contribution in [2.45, 2.75) is 25.9 Å². The summed E-state index contributed by atoms with van der Waals surface area (Å²) in [4.78, 5) is 15.8. The highest BCUT2D eigenvalue weighted by atomic mass is 19.3. The van der Waals surface area contributed by atoms with Crippen molar-refractivity contribution in [2.24, 2.45) is 0 Å². The molecule has 0 aliphatic rings. The average Bonchev–Trinajstić information content (AvgIpc) is 2.48. The molecule has 0 fully saturated rings. The van der Waals surface area contributed by atoms with Crippen molar-refractivity contribution in [3.05, 3.63) is 54.2 Å². The summed E-state index contributed by atoms with van der Waals surface area (Å²) in [5.41, 5.74) is 0.699. The fourth-order valence-electron chi connectivity index (χ4n) is 1.71. The number of alkyl halides is 2. The zero-order valence-electron chi connectivity index (χ0n) is 12.2. The number of amides is 1. The molecule has 0 aliphatic heterocycles. The molecular weight excluding hydrogens is 290 g/mol. The number of anilines is 1. The molecule has 0 bridgehead atoms. The van der Waals surface area contributed by atoms with Crippen molar-refractivity contribution in [3.8, 4) is 5.75 Å². The van der Waals surface area contributed by atoms with Gasteiger partial charge in [-0.3, -0.25) is 4.79 Å². The van der Waals surface area contributed by atoms with Crippen molar-refractivity contribution in [2.75, 3.05) is 5.32 Å². The van der Waals surface area contributed by atoms with E-state index in [0.717, 1.165) is 0 Å². The molecule has 2 rings (SSSR count). The van der Waals surface area contributed by atoms with E-state index in [-0.39, 0.29) is 17.5 Å².